The van der Waals surface area contributed by atoms with Gasteiger partial charge >= 0.3 is 0 Å². The molecule has 4 heteroatoms. The average Bonchev–Trinajstić information content (AvgIpc) is 2.43. The van der Waals surface area contributed by atoms with Gasteiger partial charge in [-0.15, -0.1) is 0 Å². The number of nitrogen functional groups attached to an aromatic ring is 1. The second-order valence-corrected chi connectivity index (χ2v) is 6.76. The molecule has 118 valence electrons. The molecule has 1 aromatic heterocycles. The second-order valence-electron chi connectivity index (χ2n) is 6.76. The van der Waals surface area contributed by atoms with E-state index in [-0.39, 0.29) is 6.10 Å². The molecule has 3 unspecified atom stereocenters. The molecule has 2 rings (SSSR count). The van der Waals surface area contributed by atoms with Gasteiger partial charge in [0.25, 0.3) is 0 Å². The maximum absolute atomic E-state index is 6.03. The van der Waals surface area contributed by atoms with Crippen LogP contribution in [-0.4, -0.2) is 17.7 Å². The number of ether oxygens (including phenoxy) is 2. The molecule has 0 bridgehead atoms. The maximum atomic E-state index is 6.03. The van der Waals surface area contributed by atoms with Crippen molar-refractivity contribution in [3.63, 3.8) is 0 Å². The van der Waals surface area contributed by atoms with Crippen LogP contribution in [0.3, 0.4) is 0 Å². The summed E-state index contributed by atoms with van der Waals surface area (Å²) in [7, 11) is 0. The van der Waals surface area contributed by atoms with Crippen LogP contribution in [0.5, 0.6) is 11.8 Å². The molecule has 0 aliphatic heterocycles. The van der Waals surface area contributed by atoms with Gasteiger partial charge < -0.3 is 15.2 Å². The molecule has 1 aliphatic rings. The van der Waals surface area contributed by atoms with E-state index in [1.54, 1.807) is 0 Å². The van der Waals surface area contributed by atoms with Gasteiger partial charge in [0.05, 0.1) is 12.3 Å². The Hall–Kier alpha value is -1.45. The van der Waals surface area contributed by atoms with Crippen LogP contribution in [0.25, 0.3) is 0 Å². The average molecular weight is 292 g/mol. The highest BCUT2D eigenvalue weighted by Crippen LogP contribution is 2.32. The van der Waals surface area contributed by atoms with Gasteiger partial charge in [0.2, 0.25) is 11.8 Å². The Morgan fingerprint density at radius 2 is 2.00 bits per heavy atom. The quantitative estimate of drug-likeness (QED) is 0.894. The number of aromatic nitrogens is 1. The van der Waals surface area contributed by atoms with Crippen LogP contribution in [-0.2, 0) is 0 Å². The third-order valence-electron chi connectivity index (χ3n) is 4.26. The van der Waals surface area contributed by atoms with Gasteiger partial charge in [-0.25, -0.2) is 0 Å². The predicted octanol–water partition coefficient (Wildman–Crippen LogP) is 3.90. The Labute approximate surface area is 128 Å². The molecule has 0 amide bonds. The molecular weight excluding hydrogens is 264 g/mol. The van der Waals surface area contributed by atoms with Crippen molar-refractivity contribution in [3.8, 4) is 11.8 Å². The van der Waals surface area contributed by atoms with E-state index in [1.165, 1.54) is 6.42 Å². The zero-order valence-electron chi connectivity index (χ0n) is 13.6. The topological polar surface area (TPSA) is 57.4 Å². The van der Waals surface area contributed by atoms with E-state index in [4.69, 9.17) is 15.2 Å². The maximum Gasteiger partial charge on any atom is 0.240 e. The van der Waals surface area contributed by atoms with E-state index in [0.717, 1.165) is 18.8 Å². The number of nitrogens with two attached hydrogens (primary N) is 1. The normalized spacial score (nSPS) is 25.9. The Morgan fingerprint density at radius 3 is 2.67 bits per heavy atom. The lowest BCUT2D eigenvalue weighted by Crippen LogP contribution is -2.29. The first-order valence-corrected chi connectivity index (χ1v) is 8.01. The standard InChI is InChI=1S/C17H28N2O2/c1-11(2)10-20-17-15(18)7-8-16(19-17)21-14-6-5-12(3)13(4)9-14/h7-8,11-14H,5-6,9-10,18H2,1-4H3. The molecule has 21 heavy (non-hydrogen) atoms. The number of rotatable bonds is 5. The third kappa shape index (κ3) is 4.51. The van der Waals surface area contributed by atoms with Crippen molar-refractivity contribution in [2.75, 3.05) is 12.3 Å². The third-order valence-corrected chi connectivity index (χ3v) is 4.26. The van der Waals surface area contributed by atoms with Gasteiger partial charge in [-0.2, -0.15) is 4.98 Å². The highest BCUT2D eigenvalue weighted by molar-refractivity contribution is 5.49. The molecule has 2 N–H and O–H groups in total. The van der Waals surface area contributed by atoms with Gasteiger partial charge in [-0.05, 0) is 43.1 Å². The van der Waals surface area contributed by atoms with E-state index in [2.05, 4.69) is 32.7 Å². The second kappa shape index (κ2) is 7.01. The Kier molecular flexibility index (Phi) is 5.32. The monoisotopic (exact) mass is 292 g/mol. The lowest BCUT2D eigenvalue weighted by atomic mass is 9.80. The Balaban J connectivity index is 1.98. The summed E-state index contributed by atoms with van der Waals surface area (Å²) in [4.78, 5) is 4.41. The van der Waals surface area contributed by atoms with Crippen molar-refractivity contribution in [1.29, 1.82) is 0 Å². The van der Waals surface area contributed by atoms with Crippen molar-refractivity contribution in [1.82, 2.24) is 4.98 Å². The van der Waals surface area contributed by atoms with Crippen LogP contribution < -0.4 is 15.2 Å². The molecule has 1 fully saturated rings. The molecule has 3 atom stereocenters. The van der Waals surface area contributed by atoms with Crippen LogP contribution in [0.1, 0.15) is 47.0 Å². The van der Waals surface area contributed by atoms with Crippen molar-refractivity contribution in [2.45, 2.75) is 53.1 Å². The highest BCUT2D eigenvalue weighted by Gasteiger charge is 2.26. The summed E-state index contributed by atoms with van der Waals surface area (Å²) < 4.78 is 11.7. The van der Waals surface area contributed by atoms with Crippen LogP contribution >= 0.6 is 0 Å². The summed E-state index contributed by atoms with van der Waals surface area (Å²) in [6.07, 6.45) is 3.66. The first-order chi connectivity index (χ1) is 9.95. The number of hydrogen-bond acceptors (Lipinski definition) is 4. The van der Waals surface area contributed by atoms with Crippen molar-refractivity contribution in [3.05, 3.63) is 12.1 Å². The van der Waals surface area contributed by atoms with Gasteiger partial charge in [-0.1, -0.05) is 27.7 Å². The fourth-order valence-corrected chi connectivity index (χ4v) is 2.64. The summed E-state index contributed by atoms with van der Waals surface area (Å²) in [5.41, 5.74) is 6.47. The number of nitrogens with zero attached hydrogens (tertiary/aromatic N) is 1. The molecule has 0 saturated heterocycles. The zero-order valence-corrected chi connectivity index (χ0v) is 13.6. The van der Waals surface area contributed by atoms with E-state index >= 15 is 0 Å². The Morgan fingerprint density at radius 1 is 1.24 bits per heavy atom. The minimum Gasteiger partial charge on any atom is -0.476 e. The first kappa shape index (κ1) is 15.9. The van der Waals surface area contributed by atoms with Crippen molar-refractivity contribution < 1.29 is 9.47 Å². The van der Waals surface area contributed by atoms with Crippen LogP contribution in [0.15, 0.2) is 12.1 Å². The van der Waals surface area contributed by atoms with Crippen molar-refractivity contribution in [2.24, 2.45) is 17.8 Å². The molecule has 0 aromatic carbocycles. The summed E-state index contributed by atoms with van der Waals surface area (Å²) in [6, 6.07) is 3.65. The molecule has 0 radical (unpaired) electrons. The van der Waals surface area contributed by atoms with Gasteiger partial charge in [-0.3, -0.25) is 0 Å². The summed E-state index contributed by atoms with van der Waals surface area (Å²) in [6.45, 7) is 9.43. The Bertz CT molecular complexity index is 462. The summed E-state index contributed by atoms with van der Waals surface area (Å²) in [5.74, 6) is 3.04. The SMILES string of the molecule is CC(C)COc1nc(OC2CCC(C)C(C)C2)ccc1N. The van der Waals surface area contributed by atoms with Crippen LogP contribution in [0.2, 0.25) is 0 Å². The first-order valence-electron chi connectivity index (χ1n) is 8.01. The van der Waals surface area contributed by atoms with E-state index in [0.29, 0.717) is 35.9 Å². The minimum absolute atomic E-state index is 0.255. The summed E-state index contributed by atoms with van der Waals surface area (Å²) in [5, 5.41) is 0. The number of hydrogen-bond donors (Lipinski definition) is 1. The molecule has 1 saturated carbocycles. The van der Waals surface area contributed by atoms with E-state index in [1.807, 2.05) is 12.1 Å². The zero-order chi connectivity index (χ0) is 15.4. The van der Waals surface area contributed by atoms with E-state index < -0.39 is 0 Å². The highest BCUT2D eigenvalue weighted by atomic mass is 16.5. The lowest BCUT2D eigenvalue weighted by Gasteiger charge is -2.31. The van der Waals surface area contributed by atoms with Gasteiger partial charge in [0.1, 0.15) is 6.10 Å². The van der Waals surface area contributed by atoms with Gasteiger partial charge in [0, 0.05) is 6.07 Å². The molecule has 1 aliphatic carbocycles. The summed E-state index contributed by atoms with van der Waals surface area (Å²) >= 11 is 0. The largest absolute Gasteiger partial charge is 0.476 e. The lowest BCUT2D eigenvalue weighted by molar-refractivity contribution is 0.0955. The number of pyridine rings is 1. The molecule has 0 spiro atoms. The fourth-order valence-electron chi connectivity index (χ4n) is 2.64. The molecule has 1 aromatic rings. The van der Waals surface area contributed by atoms with Gasteiger partial charge in [0.15, 0.2) is 0 Å². The number of anilines is 1. The van der Waals surface area contributed by atoms with Crippen molar-refractivity contribution >= 4 is 5.69 Å². The smallest absolute Gasteiger partial charge is 0.240 e. The predicted molar refractivity (Wildman–Crippen MR) is 85.6 cm³/mol. The molecule has 1 heterocycles. The molecular formula is C17H28N2O2. The molecule has 4 nitrogen and oxygen atoms in total. The fraction of sp³-hybridized carbons (Fsp3) is 0.706. The van der Waals surface area contributed by atoms with Crippen LogP contribution in [0.4, 0.5) is 5.69 Å². The minimum atomic E-state index is 0.255. The van der Waals surface area contributed by atoms with E-state index in [9.17, 15) is 0 Å². The van der Waals surface area contributed by atoms with Crippen LogP contribution in [0, 0.1) is 17.8 Å².